The van der Waals surface area contributed by atoms with Crippen molar-refractivity contribution in [3.05, 3.63) is 65.7 Å². The third kappa shape index (κ3) is 7.97. The number of likely N-dealkylation sites (tertiary alicyclic amines) is 1. The predicted octanol–water partition coefficient (Wildman–Crippen LogP) is 3.85. The van der Waals surface area contributed by atoms with Crippen molar-refractivity contribution in [3.8, 4) is 5.75 Å². The molecular weight excluding hydrogens is 505 g/mol. The SMILES string of the molecule is CCNC(=NCC(O)c1cccc(OC)c1)N1CCC(COCc2ccccc2)C1.I. The van der Waals surface area contributed by atoms with Gasteiger partial charge in [-0.2, -0.15) is 0 Å². The van der Waals surface area contributed by atoms with E-state index in [1.165, 1.54) is 5.56 Å². The maximum Gasteiger partial charge on any atom is 0.194 e. The molecule has 7 heteroatoms. The van der Waals surface area contributed by atoms with Crippen molar-refractivity contribution in [2.45, 2.75) is 26.1 Å². The molecule has 0 saturated carbocycles. The number of rotatable bonds is 9. The Labute approximate surface area is 202 Å². The molecule has 2 aromatic carbocycles. The van der Waals surface area contributed by atoms with Crippen molar-refractivity contribution >= 4 is 29.9 Å². The fourth-order valence-electron chi connectivity index (χ4n) is 3.63. The van der Waals surface area contributed by atoms with E-state index in [1.807, 2.05) is 42.5 Å². The molecular formula is C24H34IN3O3. The van der Waals surface area contributed by atoms with Gasteiger partial charge in [-0.1, -0.05) is 42.5 Å². The van der Waals surface area contributed by atoms with E-state index in [0.29, 0.717) is 19.1 Å². The molecule has 1 heterocycles. The second-order valence-electron chi connectivity index (χ2n) is 7.59. The summed E-state index contributed by atoms with van der Waals surface area (Å²) in [6.07, 6.45) is 0.416. The van der Waals surface area contributed by atoms with Gasteiger partial charge < -0.3 is 24.8 Å². The van der Waals surface area contributed by atoms with Crippen molar-refractivity contribution in [2.75, 3.05) is 39.9 Å². The number of aliphatic imine (C=N–C) groups is 1. The topological polar surface area (TPSA) is 66.3 Å². The minimum atomic E-state index is -0.665. The Morgan fingerprint density at radius 1 is 1.23 bits per heavy atom. The molecule has 170 valence electrons. The van der Waals surface area contributed by atoms with Gasteiger partial charge in [-0.3, -0.25) is 4.99 Å². The predicted molar refractivity (Wildman–Crippen MR) is 135 cm³/mol. The minimum Gasteiger partial charge on any atom is -0.497 e. The fourth-order valence-corrected chi connectivity index (χ4v) is 3.63. The molecule has 2 atom stereocenters. The first-order chi connectivity index (χ1) is 14.7. The van der Waals surface area contributed by atoms with Crippen LogP contribution in [0.1, 0.15) is 30.6 Å². The summed E-state index contributed by atoms with van der Waals surface area (Å²) in [7, 11) is 1.63. The summed E-state index contributed by atoms with van der Waals surface area (Å²) >= 11 is 0. The largest absolute Gasteiger partial charge is 0.497 e. The second-order valence-corrected chi connectivity index (χ2v) is 7.59. The summed E-state index contributed by atoms with van der Waals surface area (Å²) in [5, 5.41) is 13.9. The van der Waals surface area contributed by atoms with Crippen molar-refractivity contribution in [1.29, 1.82) is 0 Å². The van der Waals surface area contributed by atoms with E-state index in [2.05, 4.69) is 34.3 Å². The fraction of sp³-hybridized carbons (Fsp3) is 0.458. The van der Waals surface area contributed by atoms with Crippen LogP contribution in [-0.2, 0) is 11.3 Å². The van der Waals surface area contributed by atoms with Crippen LogP contribution in [0.3, 0.4) is 0 Å². The first-order valence-corrected chi connectivity index (χ1v) is 10.7. The molecule has 3 rings (SSSR count). The van der Waals surface area contributed by atoms with Crippen LogP contribution in [0.4, 0.5) is 0 Å². The highest BCUT2D eigenvalue weighted by molar-refractivity contribution is 14.0. The van der Waals surface area contributed by atoms with Gasteiger partial charge in [0.15, 0.2) is 5.96 Å². The molecule has 1 saturated heterocycles. The molecule has 0 spiro atoms. The van der Waals surface area contributed by atoms with Gasteiger partial charge in [0.05, 0.1) is 33.0 Å². The quantitative estimate of drug-likeness (QED) is 0.288. The lowest BCUT2D eigenvalue weighted by molar-refractivity contribution is 0.0906. The first-order valence-electron chi connectivity index (χ1n) is 10.7. The van der Waals surface area contributed by atoms with E-state index < -0.39 is 6.10 Å². The van der Waals surface area contributed by atoms with Crippen molar-refractivity contribution in [2.24, 2.45) is 10.9 Å². The van der Waals surface area contributed by atoms with Gasteiger partial charge in [-0.15, -0.1) is 24.0 Å². The van der Waals surface area contributed by atoms with Gasteiger partial charge in [0, 0.05) is 25.6 Å². The van der Waals surface area contributed by atoms with Gasteiger partial charge in [-0.25, -0.2) is 0 Å². The number of benzene rings is 2. The number of guanidine groups is 1. The summed E-state index contributed by atoms with van der Waals surface area (Å²) in [6.45, 7) is 6.41. The molecule has 2 N–H and O–H groups in total. The molecule has 6 nitrogen and oxygen atoms in total. The summed E-state index contributed by atoms with van der Waals surface area (Å²) in [5.41, 5.74) is 2.01. The van der Waals surface area contributed by atoms with Gasteiger partial charge in [0.25, 0.3) is 0 Å². The monoisotopic (exact) mass is 539 g/mol. The summed E-state index contributed by atoms with van der Waals surface area (Å²) < 4.78 is 11.2. The number of hydrogen-bond acceptors (Lipinski definition) is 4. The van der Waals surface area contributed by atoms with Crippen LogP contribution in [0.2, 0.25) is 0 Å². The average Bonchev–Trinajstić information content (AvgIpc) is 3.26. The minimum absolute atomic E-state index is 0. The lowest BCUT2D eigenvalue weighted by Crippen LogP contribution is -2.40. The van der Waals surface area contributed by atoms with Gasteiger partial charge in [-0.05, 0) is 36.6 Å². The summed E-state index contributed by atoms with van der Waals surface area (Å²) in [4.78, 5) is 6.95. The molecule has 0 radical (unpaired) electrons. The molecule has 2 unspecified atom stereocenters. The molecule has 0 aromatic heterocycles. The maximum atomic E-state index is 10.5. The normalized spacial score (nSPS) is 17.2. The lowest BCUT2D eigenvalue weighted by Gasteiger charge is -2.22. The van der Waals surface area contributed by atoms with E-state index in [0.717, 1.165) is 49.9 Å². The Kier molecular flexibility index (Phi) is 11.1. The highest BCUT2D eigenvalue weighted by Gasteiger charge is 2.25. The Morgan fingerprint density at radius 3 is 2.77 bits per heavy atom. The number of hydrogen-bond donors (Lipinski definition) is 2. The number of methoxy groups -OCH3 is 1. The first kappa shape index (κ1) is 25.4. The highest BCUT2D eigenvalue weighted by atomic mass is 127. The number of nitrogens with one attached hydrogen (secondary N) is 1. The van der Waals surface area contributed by atoms with Crippen molar-refractivity contribution in [3.63, 3.8) is 0 Å². The van der Waals surface area contributed by atoms with Gasteiger partial charge in [0.1, 0.15) is 5.75 Å². The van der Waals surface area contributed by atoms with Gasteiger partial charge in [0.2, 0.25) is 0 Å². The zero-order chi connectivity index (χ0) is 21.2. The molecule has 0 bridgehead atoms. The lowest BCUT2D eigenvalue weighted by atomic mass is 10.1. The van der Waals surface area contributed by atoms with E-state index in [1.54, 1.807) is 7.11 Å². The highest BCUT2D eigenvalue weighted by Crippen LogP contribution is 2.20. The van der Waals surface area contributed by atoms with Crippen LogP contribution in [-0.4, -0.2) is 55.9 Å². The maximum absolute atomic E-state index is 10.5. The summed E-state index contributed by atoms with van der Waals surface area (Å²) in [6, 6.07) is 17.8. The number of aliphatic hydroxyl groups excluding tert-OH is 1. The molecule has 1 aliphatic heterocycles. The third-order valence-corrected chi connectivity index (χ3v) is 5.28. The Bertz CT molecular complexity index is 804. The van der Waals surface area contributed by atoms with Crippen LogP contribution in [0.25, 0.3) is 0 Å². The third-order valence-electron chi connectivity index (χ3n) is 5.28. The van der Waals surface area contributed by atoms with E-state index in [-0.39, 0.29) is 24.0 Å². The smallest absolute Gasteiger partial charge is 0.194 e. The van der Waals surface area contributed by atoms with Gasteiger partial charge >= 0.3 is 0 Å². The van der Waals surface area contributed by atoms with E-state index in [9.17, 15) is 5.11 Å². The zero-order valence-electron chi connectivity index (χ0n) is 18.4. The van der Waals surface area contributed by atoms with Crippen LogP contribution < -0.4 is 10.1 Å². The molecule has 0 amide bonds. The Morgan fingerprint density at radius 2 is 2.03 bits per heavy atom. The second kappa shape index (κ2) is 13.5. The number of aliphatic hydroxyl groups is 1. The molecule has 31 heavy (non-hydrogen) atoms. The number of nitrogens with zero attached hydrogens (tertiary/aromatic N) is 2. The van der Waals surface area contributed by atoms with Crippen molar-refractivity contribution in [1.82, 2.24) is 10.2 Å². The molecule has 0 aliphatic carbocycles. The van der Waals surface area contributed by atoms with Crippen LogP contribution >= 0.6 is 24.0 Å². The van der Waals surface area contributed by atoms with E-state index >= 15 is 0 Å². The van der Waals surface area contributed by atoms with Crippen LogP contribution in [0.15, 0.2) is 59.6 Å². The Hall–Kier alpha value is -1.84. The standard InChI is InChI=1S/C24H33N3O3.HI/c1-3-25-24(26-15-23(28)21-10-7-11-22(14-21)29-2)27-13-12-20(16-27)18-30-17-19-8-5-4-6-9-19;/h4-11,14,20,23,28H,3,12-13,15-18H2,1-2H3,(H,25,26);1H. The van der Waals surface area contributed by atoms with Crippen LogP contribution in [0, 0.1) is 5.92 Å². The van der Waals surface area contributed by atoms with Crippen LogP contribution in [0.5, 0.6) is 5.75 Å². The number of halogens is 1. The van der Waals surface area contributed by atoms with Crippen molar-refractivity contribution < 1.29 is 14.6 Å². The Balaban J connectivity index is 0.00000341. The molecule has 1 fully saturated rings. The zero-order valence-corrected chi connectivity index (χ0v) is 20.7. The molecule has 2 aromatic rings. The van der Waals surface area contributed by atoms with E-state index in [4.69, 9.17) is 9.47 Å². The number of ether oxygens (including phenoxy) is 2. The summed E-state index contributed by atoms with van der Waals surface area (Å²) in [5.74, 6) is 2.08. The molecule has 1 aliphatic rings. The average molecular weight is 539 g/mol.